The largest absolute Gasteiger partial charge is 0.481 e. The van der Waals surface area contributed by atoms with Crippen molar-refractivity contribution < 1.29 is 53.4 Å². The van der Waals surface area contributed by atoms with Crippen molar-refractivity contribution in [3.05, 3.63) is 0 Å². The van der Waals surface area contributed by atoms with Crippen molar-refractivity contribution in [3.63, 3.8) is 0 Å². The molecule has 0 radical (unpaired) electrons. The maximum Gasteiger partial charge on any atom is 0.326 e. The van der Waals surface area contributed by atoms with E-state index < -0.39 is 108 Å². The van der Waals surface area contributed by atoms with Gasteiger partial charge in [-0.3, -0.25) is 38.4 Å². The molecule has 3 rings (SSSR count). The van der Waals surface area contributed by atoms with Crippen LogP contribution in [0.3, 0.4) is 0 Å². The van der Waals surface area contributed by atoms with E-state index >= 15 is 0 Å². The molecular weight excluding hydrogens is 660 g/mol. The van der Waals surface area contributed by atoms with E-state index in [1.165, 1.54) is 16.7 Å². The molecule has 0 aliphatic carbocycles. The van der Waals surface area contributed by atoms with Crippen molar-refractivity contribution in [1.82, 2.24) is 30.7 Å². The zero-order valence-electron chi connectivity index (χ0n) is 28.5. The first-order valence-corrected chi connectivity index (χ1v) is 16.8. The third-order valence-electron chi connectivity index (χ3n) is 9.27. The van der Waals surface area contributed by atoms with E-state index in [9.17, 15) is 53.4 Å². The number of nitrogens with two attached hydrogens (primary N) is 2. The molecule has 3 fully saturated rings. The lowest BCUT2D eigenvalue weighted by atomic mass is 10.0. The van der Waals surface area contributed by atoms with Crippen LogP contribution in [0.2, 0.25) is 0 Å². The number of carbonyl (C=O) groups excluding carboxylic acids is 7. The molecule has 0 aromatic carbocycles. The Morgan fingerprint density at radius 1 is 0.680 bits per heavy atom. The summed E-state index contributed by atoms with van der Waals surface area (Å²) < 4.78 is 0. The van der Waals surface area contributed by atoms with Crippen molar-refractivity contribution in [3.8, 4) is 0 Å². The quantitative estimate of drug-likeness (QED) is 0.0888. The topological polar surface area (TPSA) is 292 Å². The fourth-order valence-electron chi connectivity index (χ4n) is 6.49. The second-order valence-electron chi connectivity index (χ2n) is 13.3. The highest BCUT2D eigenvalue weighted by Gasteiger charge is 2.45. The molecule has 0 aromatic rings. The first kappa shape index (κ1) is 39.6. The van der Waals surface area contributed by atoms with E-state index in [1.807, 2.05) is 0 Å². The lowest BCUT2D eigenvalue weighted by molar-refractivity contribution is -0.152. The molecule has 50 heavy (non-hydrogen) atoms. The minimum atomic E-state index is -1.62. The Morgan fingerprint density at radius 3 is 1.70 bits per heavy atom. The van der Waals surface area contributed by atoms with Crippen LogP contribution in [0.5, 0.6) is 0 Å². The van der Waals surface area contributed by atoms with Crippen molar-refractivity contribution in [2.24, 2.45) is 17.4 Å². The first-order chi connectivity index (χ1) is 23.4. The Labute approximate surface area is 288 Å². The van der Waals surface area contributed by atoms with Crippen LogP contribution in [-0.2, 0) is 43.2 Å². The molecule has 278 valence electrons. The molecule has 0 aromatic heterocycles. The number of likely N-dealkylation sites (tertiary alicyclic amines) is 3. The Morgan fingerprint density at radius 2 is 1.18 bits per heavy atom. The van der Waals surface area contributed by atoms with E-state index in [4.69, 9.17) is 11.5 Å². The summed E-state index contributed by atoms with van der Waals surface area (Å²) in [5, 5.41) is 26.3. The van der Waals surface area contributed by atoms with Crippen molar-refractivity contribution >= 4 is 53.3 Å². The number of rotatable bonds is 15. The van der Waals surface area contributed by atoms with Crippen molar-refractivity contribution in [2.75, 3.05) is 19.6 Å². The van der Waals surface area contributed by atoms with Crippen molar-refractivity contribution in [1.29, 1.82) is 0 Å². The average molecular weight is 709 g/mol. The van der Waals surface area contributed by atoms with Crippen LogP contribution in [0.25, 0.3) is 0 Å². The van der Waals surface area contributed by atoms with Gasteiger partial charge in [-0.15, -0.1) is 0 Å². The molecule has 7 atom stereocenters. The zero-order chi connectivity index (χ0) is 37.4. The standard InChI is InChI=1S/C31H48N8O11/c1-15(2)24(33)27(45)34-16(3)25(43)35-18(14-23(41)42)29(47)37-10-4-7-19(37)26(44)36-17(13-22(32)40)28(46)38-11-5-8-20(38)30(48)39-12-6-9-21(39)31(49)50/h15-21,24H,4-14,33H2,1-3H3,(H2,32,40)(H,34,45)(H,35,43)(H,36,44)(H,41,42)(H,49,50)/t16-,17-,18-,19-,20-,21-,24-/m0/s1. The highest BCUT2D eigenvalue weighted by atomic mass is 16.4. The van der Waals surface area contributed by atoms with Gasteiger partial charge in [0.05, 0.1) is 18.9 Å². The Bertz CT molecular complexity index is 1370. The van der Waals surface area contributed by atoms with Gasteiger partial charge in [0, 0.05) is 19.6 Å². The predicted octanol–water partition coefficient (Wildman–Crippen LogP) is -3.15. The van der Waals surface area contributed by atoms with Crippen LogP contribution in [0.1, 0.15) is 72.1 Å². The molecule has 3 saturated heterocycles. The SMILES string of the molecule is CC(C)[C@H](N)C(=O)N[C@@H](C)C(=O)N[C@@H](CC(=O)O)C(=O)N1CCC[C@H]1C(=O)N[C@@H](CC(N)=O)C(=O)N1CCC[C@H]1C(=O)N1CCC[C@H]1C(=O)O. The molecule has 3 aliphatic rings. The number of aliphatic carboxylic acids is 2. The molecular formula is C31H48N8O11. The van der Waals surface area contributed by atoms with Gasteiger partial charge in [-0.2, -0.15) is 0 Å². The highest BCUT2D eigenvalue weighted by Crippen LogP contribution is 2.26. The van der Waals surface area contributed by atoms with Gasteiger partial charge >= 0.3 is 11.9 Å². The molecule has 0 saturated carbocycles. The number of hydrogen-bond acceptors (Lipinski definition) is 10. The number of amides is 7. The summed E-state index contributed by atoms with van der Waals surface area (Å²) in [6.45, 7) is 5.09. The number of carboxylic acid groups (broad SMARTS) is 2. The number of carbonyl (C=O) groups is 9. The molecule has 3 heterocycles. The second-order valence-corrected chi connectivity index (χ2v) is 13.3. The lowest BCUT2D eigenvalue weighted by Gasteiger charge is -2.33. The van der Waals surface area contributed by atoms with E-state index in [2.05, 4.69) is 16.0 Å². The van der Waals surface area contributed by atoms with E-state index in [1.54, 1.807) is 13.8 Å². The summed E-state index contributed by atoms with van der Waals surface area (Å²) in [5.74, 6) is -8.28. The Hall–Kier alpha value is -4.81. The first-order valence-electron chi connectivity index (χ1n) is 16.8. The van der Waals surface area contributed by atoms with Crippen LogP contribution in [0.4, 0.5) is 0 Å². The van der Waals surface area contributed by atoms with Gasteiger partial charge in [0.1, 0.15) is 36.3 Å². The Kier molecular flexibility index (Phi) is 13.6. The van der Waals surface area contributed by atoms with Gasteiger partial charge in [0.2, 0.25) is 41.4 Å². The summed E-state index contributed by atoms with van der Waals surface area (Å²) in [7, 11) is 0. The highest BCUT2D eigenvalue weighted by molar-refractivity contribution is 5.99. The number of primary amides is 1. The molecule has 0 bridgehead atoms. The lowest BCUT2D eigenvalue weighted by Crippen LogP contribution is -2.59. The van der Waals surface area contributed by atoms with Crippen molar-refractivity contribution in [2.45, 2.75) is 114 Å². The number of nitrogens with zero attached hydrogens (tertiary/aromatic N) is 3. The molecule has 0 spiro atoms. The minimum absolute atomic E-state index is 0.0101. The van der Waals surface area contributed by atoms with Gasteiger partial charge < -0.3 is 52.3 Å². The average Bonchev–Trinajstić information content (AvgIpc) is 3.83. The van der Waals surface area contributed by atoms with E-state index in [0.29, 0.717) is 19.3 Å². The number of hydrogen-bond donors (Lipinski definition) is 7. The molecule has 3 aliphatic heterocycles. The summed E-state index contributed by atoms with van der Waals surface area (Å²) >= 11 is 0. The smallest absolute Gasteiger partial charge is 0.326 e. The summed E-state index contributed by atoms with van der Waals surface area (Å²) in [6, 6.07) is -8.47. The third-order valence-corrected chi connectivity index (χ3v) is 9.27. The van der Waals surface area contributed by atoms with Crippen LogP contribution >= 0.6 is 0 Å². The van der Waals surface area contributed by atoms with Gasteiger partial charge in [-0.25, -0.2) is 4.79 Å². The van der Waals surface area contributed by atoms with Gasteiger partial charge in [0.15, 0.2) is 0 Å². The Balaban J connectivity index is 1.74. The van der Waals surface area contributed by atoms with Gasteiger partial charge in [-0.1, -0.05) is 13.8 Å². The number of carboxylic acids is 2. The maximum atomic E-state index is 13.7. The van der Waals surface area contributed by atoms with E-state index in [-0.39, 0.29) is 44.8 Å². The summed E-state index contributed by atoms with van der Waals surface area (Å²) in [4.78, 5) is 118. The van der Waals surface area contributed by atoms with Gasteiger partial charge in [0.25, 0.3) is 0 Å². The normalized spacial score (nSPS) is 22.7. The summed E-state index contributed by atoms with van der Waals surface area (Å²) in [6.07, 6.45) is 0.380. The van der Waals surface area contributed by atoms with Gasteiger partial charge in [-0.05, 0) is 51.4 Å². The van der Waals surface area contributed by atoms with Crippen LogP contribution in [-0.4, -0.2) is 140 Å². The fraction of sp³-hybridized carbons (Fsp3) is 0.710. The van der Waals surface area contributed by atoms with Crippen LogP contribution < -0.4 is 27.4 Å². The monoisotopic (exact) mass is 708 g/mol. The predicted molar refractivity (Wildman–Crippen MR) is 172 cm³/mol. The molecule has 7 amide bonds. The fourth-order valence-corrected chi connectivity index (χ4v) is 6.49. The maximum absolute atomic E-state index is 13.7. The zero-order valence-corrected chi connectivity index (χ0v) is 28.5. The minimum Gasteiger partial charge on any atom is -0.481 e. The second kappa shape index (κ2) is 17.2. The third kappa shape index (κ3) is 9.66. The molecule has 9 N–H and O–H groups in total. The molecule has 19 nitrogen and oxygen atoms in total. The summed E-state index contributed by atoms with van der Waals surface area (Å²) in [5.41, 5.74) is 11.2. The van der Waals surface area contributed by atoms with Crippen LogP contribution in [0, 0.1) is 5.92 Å². The molecule has 19 heteroatoms. The van der Waals surface area contributed by atoms with E-state index in [0.717, 1.165) is 4.90 Å². The molecule has 0 unspecified atom stereocenters. The van der Waals surface area contributed by atoms with Crippen LogP contribution in [0.15, 0.2) is 0 Å². The number of nitrogens with one attached hydrogen (secondary N) is 3.